The highest BCUT2D eigenvalue weighted by Crippen LogP contribution is 2.30. The van der Waals surface area contributed by atoms with Crippen molar-refractivity contribution in [3.8, 4) is 0 Å². The molecule has 0 atom stereocenters. The van der Waals surface area contributed by atoms with Gasteiger partial charge in [-0.1, -0.05) is 66.7 Å². The molecule has 2 heterocycles. The number of carbonyl (C=O) groups is 1. The number of nitrogens with one attached hydrogen (secondary N) is 1. The zero-order chi connectivity index (χ0) is 18.5. The number of hydrogen-bond donors (Lipinski definition) is 1. The molecular weight excluding hydrogens is 412 g/mol. The maximum absolute atomic E-state index is 12.4. The van der Waals surface area contributed by atoms with Gasteiger partial charge in [0.15, 0.2) is 5.84 Å². The summed E-state index contributed by atoms with van der Waals surface area (Å²) in [5, 5.41) is 15.8. The van der Waals surface area contributed by atoms with Crippen molar-refractivity contribution in [1.82, 2.24) is 5.01 Å². The van der Waals surface area contributed by atoms with Gasteiger partial charge >= 0.3 is 0 Å². The third kappa shape index (κ3) is 4.32. The molecule has 0 radical (unpaired) electrons. The SMILES string of the molecule is CCCCCCCC1=NN2C(=N)/C(=C/c3ccccc3Br)C(=O)N=C2S1. The maximum Gasteiger partial charge on any atom is 0.283 e. The first-order valence-electron chi connectivity index (χ1n) is 8.83. The van der Waals surface area contributed by atoms with Gasteiger partial charge in [0, 0.05) is 4.47 Å². The molecule has 136 valence electrons. The normalized spacial score (nSPS) is 18.2. The third-order valence-corrected chi connectivity index (χ3v) is 5.89. The molecule has 0 unspecified atom stereocenters. The molecule has 5 nitrogen and oxygen atoms in total. The minimum Gasteiger partial charge on any atom is -0.282 e. The van der Waals surface area contributed by atoms with Gasteiger partial charge in [-0.05, 0) is 42.3 Å². The number of unbranched alkanes of at least 4 members (excludes halogenated alkanes) is 4. The lowest BCUT2D eigenvalue weighted by Gasteiger charge is -2.20. The van der Waals surface area contributed by atoms with Crippen molar-refractivity contribution < 1.29 is 4.79 Å². The lowest BCUT2D eigenvalue weighted by molar-refractivity contribution is -0.114. The molecule has 0 aromatic heterocycles. The number of rotatable bonds is 7. The van der Waals surface area contributed by atoms with E-state index in [1.54, 1.807) is 6.08 Å². The first-order valence-corrected chi connectivity index (χ1v) is 10.4. The van der Waals surface area contributed by atoms with Crippen molar-refractivity contribution in [1.29, 1.82) is 5.41 Å². The number of carbonyl (C=O) groups excluding carboxylic acids is 1. The maximum atomic E-state index is 12.4. The summed E-state index contributed by atoms with van der Waals surface area (Å²) < 4.78 is 0.870. The standard InChI is InChI=1S/C19H21BrN4OS/c1-2-3-4-5-6-11-16-23-24-17(21)14(18(25)22-19(24)26-16)12-13-9-7-8-10-15(13)20/h7-10,12,21H,2-6,11H2,1H3/b14-12-,21-17?. The Labute approximate surface area is 166 Å². The van der Waals surface area contributed by atoms with Crippen LogP contribution in [0.15, 0.2) is 44.4 Å². The van der Waals surface area contributed by atoms with E-state index in [4.69, 9.17) is 5.41 Å². The molecule has 0 bridgehead atoms. The van der Waals surface area contributed by atoms with Gasteiger partial charge in [0.25, 0.3) is 5.91 Å². The van der Waals surface area contributed by atoms with Crippen LogP contribution < -0.4 is 0 Å². The molecule has 26 heavy (non-hydrogen) atoms. The summed E-state index contributed by atoms with van der Waals surface area (Å²) in [6.07, 6.45) is 8.56. The van der Waals surface area contributed by atoms with Crippen LogP contribution in [0, 0.1) is 5.41 Å². The Hall–Kier alpha value is -1.73. The number of fused-ring (bicyclic) bond motifs is 1. The molecule has 1 amide bonds. The number of halogens is 1. The van der Waals surface area contributed by atoms with E-state index in [9.17, 15) is 4.79 Å². The topological polar surface area (TPSA) is 68.9 Å². The molecule has 0 saturated heterocycles. The molecule has 2 aliphatic rings. The van der Waals surface area contributed by atoms with Crippen LogP contribution in [0.25, 0.3) is 6.08 Å². The smallest absolute Gasteiger partial charge is 0.282 e. The highest BCUT2D eigenvalue weighted by atomic mass is 79.9. The summed E-state index contributed by atoms with van der Waals surface area (Å²) in [5.41, 5.74) is 1.10. The Morgan fingerprint density at radius 1 is 1.23 bits per heavy atom. The first-order chi connectivity index (χ1) is 12.6. The monoisotopic (exact) mass is 432 g/mol. The van der Waals surface area contributed by atoms with Crippen molar-refractivity contribution in [3.63, 3.8) is 0 Å². The van der Waals surface area contributed by atoms with Crippen molar-refractivity contribution in [2.75, 3.05) is 0 Å². The first kappa shape index (κ1) is 19.0. The number of aliphatic imine (C=N–C) groups is 1. The predicted octanol–water partition coefficient (Wildman–Crippen LogP) is 5.43. The van der Waals surface area contributed by atoms with E-state index in [1.807, 2.05) is 24.3 Å². The van der Waals surface area contributed by atoms with Crippen LogP contribution in [0.2, 0.25) is 0 Å². The molecule has 7 heteroatoms. The summed E-state index contributed by atoms with van der Waals surface area (Å²) in [4.78, 5) is 16.5. The summed E-state index contributed by atoms with van der Waals surface area (Å²) in [6.45, 7) is 2.20. The quantitative estimate of drug-likeness (QED) is 0.461. The lowest BCUT2D eigenvalue weighted by atomic mass is 10.1. The van der Waals surface area contributed by atoms with Gasteiger partial charge in [-0.15, -0.1) is 0 Å². The Kier molecular flexibility index (Phi) is 6.43. The zero-order valence-electron chi connectivity index (χ0n) is 14.7. The van der Waals surface area contributed by atoms with E-state index < -0.39 is 0 Å². The molecule has 2 aliphatic heterocycles. The largest absolute Gasteiger partial charge is 0.283 e. The van der Waals surface area contributed by atoms with E-state index in [2.05, 4.69) is 32.9 Å². The summed E-state index contributed by atoms with van der Waals surface area (Å²) in [5.74, 6) is -0.298. The molecule has 1 aromatic rings. The van der Waals surface area contributed by atoms with Gasteiger partial charge in [0.05, 0.1) is 5.57 Å². The van der Waals surface area contributed by atoms with E-state index in [0.717, 1.165) is 27.9 Å². The number of amidine groups is 2. The number of hydrazone groups is 1. The second-order valence-corrected chi connectivity index (χ2v) is 8.09. The van der Waals surface area contributed by atoms with E-state index in [-0.39, 0.29) is 17.3 Å². The minimum atomic E-state index is -0.385. The van der Waals surface area contributed by atoms with Crippen LogP contribution in [0.1, 0.15) is 51.0 Å². The average Bonchev–Trinajstić information content (AvgIpc) is 3.03. The van der Waals surface area contributed by atoms with Gasteiger partial charge in [-0.25, -0.2) is 0 Å². The predicted molar refractivity (Wildman–Crippen MR) is 113 cm³/mol. The zero-order valence-corrected chi connectivity index (χ0v) is 17.1. The van der Waals surface area contributed by atoms with Gasteiger partial charge in [0.1, 0.15) is 5.04 Å². The Bertz CT molecular complexity index is 816. The van der Waals surface area contributed by atoms with Gasteiger partial charge < -0.3 is 0 Å². The number of hydrogen-bond acceptors (Lipinski definition) is 4. The van der Waals surface area contributed by atoms with Crippen LogP contribution in [0.3, 0.4) is 0 Å². The number of nitrogens with zero attached hydrogens (tertiary/aromatic N) is 3. The Morgan fingerprint density at radius 2 is 2.00 bits per heavy atom. The molecule has 3 rings (SSSR count). The summed E-state index contributed by atoms with van der Waals surface area (Å²) in [6, 6.07) is 7.59. The highest BCUT2D eigenvalue weighted by molar-refractivity contribution is 9.10. The molecule has 0 spiro atoms. The molecule has 1 N–H and O–H groups in total. The third-order valence-electron chi connectivity index (χ3n) is 4.20. The molecule has 0 aliphatic carbocycles. The number of benzene rings is 1. The summed E-state index contributed by atoms with van der Waals surface area (Å²) >= 11 is 4.87. The molecule has 1 aromatic carbocycles. The second-order valence-electron chi connectivity index (χ2n) is 6.20. The van der Waals surface area contributed by atoms with Crippen molar-refractivity contribution in [2.45, 2.75) is 45.4 Å². The number of amides is 1. The molecule has 0 fully saturated rings. The van der Waals surface area contributed by atoms with Gasteiger partial charge in [-0.2, -0.15) is 15.1 Å². The Morgan fingerprint density at radius 3 is 2.77 bits per heavy atom. The van der Waals surface area contributed by atoms with Crippen molar-refractivity contribution in [3.05, 3.63) is 39.9 Å². The fourth-order valence-corrected chi connectivity index (χ4v) is 4.09. The number of thioether (sulfide) groups is 1. The van der Waals surface area contributed by atoms with E-state index in [1.165, 1.54) is 42.5 Å². The van der Waals surface area contributed by atoms with Crippen LogP contribution in [-0.2, 0) is 4.79 Å². The van der Waals surface area contributed by atoms with Gasteiger partial charge in [-0.3, -0.25) is 10.2 Å². The Balaban J connectivity index is 1.73. The van der Waals surface area contributed by atoms with Crippen molar-refractivity contribution >= 4 is 55.7 Å². The van der Waals surface area contributed by atoms with E-state index in [0.29, 0.717) is 5.17 Å². The van der Waals surface area contributed by atoms with Gasteiger partial charge in [0.2, 0.25) is 5.17 Å². The van der Waals surface area contributed by atoms with Crippen LogP contribution >= 0.6 is 27.7 Å². The lowest BCUT2D eigenvalue weighted by Crippen LogP contribution is -2.35. The van der Waals surface area contributed by atoms with E-state index >= 15 is 0 Å². The highest BCUT2D eigenvalue weighted by Gasteiger charge is 2.35. The summed E-state index contributed by atoms with van der Waals surface area (Å²) in [7, 11) is 0. The molecule has 0 saturated carbocycles. The average molecular weight is 433 g/mol. The van der Waals surface area contributed by atoms with Crippen molar-refractivity contribution in [2.24, 2.45) is 10.1 Å². The van der Waals surface area contributed by atoms with Crippen LogP contribution in [0.4, 0.5) is 0 Å². The van der Waals surface area contributed by atoms with Crippen LogP contribution in [-0.4, -0.2) is 27.0 Å². The minimum absolute atomic E-state index is 0.0873. The fourth-order valence-electron chi connectivity index (χ4n) is 2.76. The van der Waals surface area contributed by atoms with Crippen LogP contribution in [0.5, 0.6) is 0 Å². The molecular formula is C19H21BrN4OS. The fraction of sp³-hybridized carbons (Fsp3) is 0.368. The second kappa shape index (κ2) is 8.77.